The van der Waals surface area contributed by atoms with Gasteiger partial charge in [-0.15, -0.1) is 0 Å². The van der Waals surface area contributed by atoms with E-state index in [9.17, 15) is 4.79 Å². The molecule has 0 aromatic carbocycles. The lowest BCUT2D eigenvalue weighted by Gasteiger charge is -2.27. The topological polar surface area (TPSA) is 77.2 Å². The zero-order valence-electron chi connectivity index (χ0n) is 10.1. The number of nitrogens with zero attached hydrogens (tertiary/aromatic N) is 2. The molecule has 6 nitrogen and oxygen atoms in total. The standard InChI is InChI=1S/C11H17N3O3/c1-7-9(4-3-5-16-7)11(15)12-6-10-13-8(2)14-17-10/h7,9H,3-6H2,1-2H3,(H,12,15). The molecule has 1 N–H and O–H groups in total. The fraction of sp³-hybridized carbons (Fsp3) is 0.727. The molecule has 2 rings (SSSR count). The van der Waals surface area contributed by atoms with Gasteiger partial charge in [-0.3, -0.25) is 4.79 Å². The quantitative estimate of drug-likeness (QED) is 0.844. The van der Waals surface area contributed by atoms with Gasteiger partial charge in [-0.2, -0.15) is 4.98 Å². The van der Waals surface area contributed by atoms with Crippen molar-refractivity contribution in [3.8, 4) is 0 Å². The smallest absolute Gasteiger partial charge is 0.246 e. The van der Waals surface area contributed by atoms with E-state index in [2.05, 4.69) is 15.5 Å². The molecule has 1 aliphatic rings. The van der Waals surface area contributed by atoms with E-state index in [-0.39, 0.29) is 24.5 Å². The summed E-state index contributed by atoms with van der Waals surface area (Å²) in [6.07, 6.45) is 1.78. The van der Waals surface area contributed by atoms with Gasteiger partial charge in [0.05, 0.1) is 18.6 Å². The highest BCUT2D eigenvalue weighted by Crippen LogP contribution is 2.20. The van der Waals surface area contributed by atoms with Crippen molar-refractivity contribution in [2.24, 2.45) is 5.92 Å². The number of hydrogen-bond donors (Lipinski definition) is 1. The van der Waals surface area contributed by atoms with Gasteiger partial charge in [0.15, 0.2) is 5.82 Å². The van der Waals surface area contributed by atoms with Crippen molar-refractivity contribution >= 4 is 5.91 Å². The SMILES string of the molecule is Cc1noc(CNC(=O)C2CCCOC2C)n1. The average molecular weight is 239 g/mol. The zero-order valence-corrected chi connectivity index (χ0v) is 10.1. The summed E-state index contributed by atoms with van der Waals surface area (Å²) in [7, 11) is 0. The van der Waals surface area contributed by atoms with Crippen LogP contribution in [0.4, 0.5) is 0 Å². The molecular formula is C11H17N3O3. The van der Waals surface area contributed by atoms with Crippen molar-refractivity contribution in [2.75, 3.05) is 6.61 Å². The van der Waals surface area contributed by atoms with Gasteiger partial charge in [0.25, 0.3) is 0 Å². The number of aromatic nitrogens is 2. The van der Waals surface area contributed by atoms with E-state index in [1.54, 1.807) is 6.92 Å². The van der Waals surface area contributed by atoms with Gasteiger partial charge in [0.1, 0.15) is 0 Å². The Labute approximate surface area is 99.7 Å². The molecule has 1 fully saturated rings. The Morgan fingerprint density at radius 3 is 3.06 bits per heavy atom. The van der Waals surface area contributed by atoms with Crippen LogP contribution in [-0.2, 0) is 16.1 Å². The molecule has 1 saturated heterocycles. The number of carbonyl (C=O) groups excluding carboxylic acids is 1. The number of hydrogen-bond acceptors (Lipinski definition) is 5. The van der Waals surface area contributed by atoms with Gasteiger partial charge < -0.3 is 14.6 Å². The Balaban J connectivity index is 1.84. The predicted octanol–water partition coefficient (Wildman–Crippen LogP) is 0.809. The summed E-state index contributed by atoms with van der Waals surface area (Å²) in [5.74, 6) is 0.921. The van der Waals surface area contributed by atoms with Crippen molar-refractivity contribution in [2.45, 2.75) is 39.3 Å². The van der Waals surface area contributed by atoms with Crippen molar-refractivity contribution in [3.05, 3.63) is 11.7 Å². The first-order chi connectivity index (χ1) is 8.16. The maximum absolute atomic E-state index is 11.9. The first kappa shape index (κ1) is 12.0. The summed E-state index contributed by atoms with van der Waals surface area (Å²) in [6, 6.07) is 0. The molecule has 1 aromatic rings. The number of aryl methyl sites for hydroxylation is 1. The highest BCUT2D eigenvalue weighted by atomic mass is 16.5. The van der Waals surface area contributed by atoms with Crippen molar-refractivity contribution < 1.29 is 14.1 Å². The number of carbonyl (C=O) groups is 1. The van der Waals surface area contributed by atoms with Gasteiger partial charge in [0.2, 0.25) is 11.8 Å². The lowest BCUT2D eigenvalue weighted by Crippen LogP contribution is -2.39. The molecule has 1 aromatic heterocycles. The van der Waals surface area contributed by atoms with Gasteiger partial charge in [0, 0.05) is 6.61 Å². The van der Waals surface area contributed by atoms with Crippen LogP contribution in [-0.4, -0.2) is 28.8 Å². The summed E-state index contributed by atoms with van der Waals surface area (Å²) in [5, 5.41) is 6.46. The predicted molar refractivity (Wildman–Crippen MR) is 59.0 cm³/mol. The van der Waals surface area contributed by atoms with Crippen LogP contribution in [0.5, 0.6) is 0 Å². The third kappa shape index (κ3) is 3.03. The number of amides is 1. The van der Waals surface area contributed by atoms with Crippen LogP contribution in [0, 0.1) is 12.8 Å². The zero-order chi connectivity index (χ0) is 12.3. The summed E-state index contributed by atoms with van der Waals surface area (Å²) in [4.78, 5) is 15.9. The molecule has 2 atom stereocenters. The first-order valence-electron chi connectivity index (χ1n) is 5.85. The Morgan fingerprint density at radius 1 is 1.59 bits per heavy atom. The third-order valence-corrected chi connectivity index (χ3v) is 2.93. The van der Waals surface area contributed by atoms with Crippen LogP contribution in [0.1, 0.15) is 31.5 Å². The molecule has 94 valence electrons. The fourth-order valence-corrected chi connectivity index (χ4v) is 1.97. The molecule has 0 spiro atoms. The molecule has 17 heavy (non-hydrogen) atoms. The minimum atomic E-state index is -0.0761. The van der Waals surface area contributed by atoms with Crippen LogP contribution < -0.4 is 5.32 Å². The average Bonchev–Trinajstić information content (AvgIpc) is 2.73. The second-order valence-electron chi connectivity index (χ2n) is 4.28. The highest BCUT2D eigenvalue weighted by molar-refractivity contribution is 5.79. The highest BCUT2D eigenvalue weighted by Gasteiger charge is 2.28. The number of nitrogens with one attached hydrogen (secondary N) is 1. The molecule has 0 radical (unpaired) electrons. The minimum Gasteiger partial charge on any atom is -0.378 e. The van der Waals surface area contributed by atoms with Gasteiger partial charge in [-0.05, 0) is 26.7 Å². The second-order valence-corrected chi connectivity index (χ2v) is 4.28. The molecular weight excluding hydrogens is 222 g/mol. The van der Waals surface area contributed by atoms with Gasteiger partial charge in [-0.25, -0.2) is 0 Å². The summed E-state index contributed by atoms with van der Waals surface area (Å²) in [6.45, 7) is 4.70. The molecule has 0 bridgehead atoms. The maximum atomic E-state index is 11.9. The normalized spacial score (nSPS) is 24.6. The van der Waals surface area contributed by atoms with Gasteiger partial charge >= 0.3 is 0 Å². The van der Waals surface area contributed by atoms with E-state index in [0.29, 0.717) is 11.7 Å². The van der Waals surface area contributed by atoms with Crippen LogP contribution >= 0.6 is 0 Å². The van der Waals surface area contributed by atoms with Crippen molar-refractivity contribution in [1.29, 1.82) is 0 Å². The molecule has 1 aliphatic heterocycles. The summed E-state index contributed by atoms with van der Waals surface area (Å²) < 4.78 is 10.4. The molecule has 6 heteroatoms. The lowest BCUT2D eigenvalue weighted by molar-refractivity contribution is -0.133. The largest absolute Gasteiger partial charge is 0.378 e. The van der Waals surface area contributed by atoms with E-state index in [4.69, 9.17) is 9.26 Å². The molecule has 0 aliphatic carbocycles. The summed E-state index contributed by atoms with van der Waals surface area (Å²) in [5.41, 5.74) is 0. The molecule has 2 unspecified atom stereocenters. The van der Waals surface area contributed by atoms with Crippen LogP contribution in [0.2, 0.25) is 0 Å². The van der Waals surface area contributed by atoms with Crippen molar-refractivity contribution in [3.63, 3.8) is 0 Å². The van der Waals surface area contributed by atoms with E-state index >= 15 is 0 Å². The monoisotopic (exact) mass is 239 g/mol. The summed E-state index contributed by atoms with van der Waals surface area (Å²) >= 11 is 0. The van der Waals surface area contributed by atoms with Gasteiger partial charge in [-0.1, -0.05) is 5.16 Å². The van der Waals surface area contributed by atoms with E-state index in [0.717, 1.165) is 19.4 Å². The Hall–Kier alpha value is -1.43. The first-order valence-corrected chi connectivity index (χ1v) is 5.85. The van der Waals surface area contributed by atoms with Crippen molar-refractivity contribution in [1.82, 2.24) is 15.5 Å². The second kappa shape index (κ2) is 5.27. The third-order valence-electron chi connectivity index (χ3n) is 2.93. The Morgan fingerprint density at radius 2 is 2.41 bits per heavy atom. The molecule has 0 saturated carbocycles. The lowest BCUT2D eigenvalue weighted by atomic mass is 9.94. The fourth-order valence-electron chi connectivity index (χ4n) is 1.97. The molecule has 1 amide bonds. The van der Waals surface area contributed by atoms with Crippen LogP contribution in [0.15, 0.2) is 4.52 Å². The Bertz CT molecular complexity index is 391. The number of ether oxygens (including phenoxy) is 1. The molecule has 2 heterocycles. The van der Waals surface area contributed by atoms with E-state index in [1.165, 1.54) is 0 Å². The van der Waals surface area contributed by atoms with Crippen LogP contribution in [0.25, 0.3) is 0 Å². The van der Waals surface area contributed by atoms with E-state index < -0.39 is 0 Å². The maximum Gasteiger partial charge on any atom is 0.246 e. The van der Waals surface area contributed by atoms with Crippen LogP contribution in [0.3, 0.4) is 0 Å². The minimum absolute atomic E-state index is 0.00643. The number of rotatable bonds is 3. The van der Waals surface area contributed by atoms with E-state index in [1.807, 2.05) is 6.92 Å². The Kier molecular flexibility index (Phi) is 3.73.